The smallest absolute Gasteiger partial charge is 0.355 e. The van der Waals surface area contributed by atoms with Gasteiger partial charge in [0, 0.05) is 12.2 Å². The van der Waals surface area contributed by atoms with Gasteiger partial charge in [0.25, 0.3) is 5.91 Å². The summed E-state index contributed by atoms with van der Waals surface area (Å²) in [6, 6.07) is 3.57. The summed E-state index contributed by atoms with van der Waals surface area (Å²) in [6.07, 6.45) is 6.00. The number of carbonyl (C=O) groups is 2. The molecule has 0 radical (unpaired) electrons. The van der Waals surface area contributed by atoms with Gasteiger partial charge in [0.1, 0.15) is 5.69 Å². The number of aromatic amines is 1. The first kappa shape index (κ1) is 11.7. The normalized spacial score (nSPS) is 15.8. The van der Waals surface area contributed by atoms with Gasteiger partial charge in [0.15, 0.2) is 6.61 Å². The highest BCUT2D eigenvalue weighted by molar-refractivity contribution is 5.89. The number of esters is 1. The minimum atomic E-state index is -0.503. The van der Waals surface area contributed by atoms with E-state index in [9.17, 15) is 9.59 Å². The number of ether oxygens (including phenoxy) is 1. The van der Waals surface area contributed by atoms with Gasteiger partial charge in [-0.25, -0.2) is 4.79 Å². The monoisotopic (exact) mass is 236 g/mol. The quantitative estimate of drug-likeness (QED) is 0.772. The number of hydrogen-bond donors (Lipinski definition) is 2. The molecule has 2 rings (SSSR count). The first-order valence-corrected chi connectivity index (χ1v) is 5.85. The Hall–Kier alpha value is -1.78. The maximum Gasteiger partial charge on any atom is 0.355 e. The van der Waals surface area contributed by atoms with Crippen LogP contribution in [0.5, 0.6) is 0 Å². The minimum absolute atomic E-state index is 0.214. The first-order valence-electron chi connectivity index (χ1n) is 5.85. The molecule has 0 bridgehead atoms. The van der Waals surface area contributed by atoms with Crippen LogP contribution in [0.3, 0.4) is 0 Å². The van der Waals surface area contributed by atoms with E-state index in [0.717, 1.165) is 25.7 Å². The standard InChI is InChI=1S/C12H16N2O3/c15-11(14-9-4-1-2-5-9)8-17-12(16)10-6-3-7-13-10/h3,6-7,9,13H,1-2,4-5,8H2,(H,14,15). The fourth-order valence-corrected chi connectivity index (χ4v) is 2.01. The Labute approximate surface area is 99.5 Å². The van der Waals surface area contributed by atoms with E-state index < -0.39 is 5.97 Å². The third-order valence-electron chi connectivity index (χ3n) is 2.87. The van der Waals surface area contributed by atoms with Crippen LogP contribution in [0.15, 0.2) is 18.3 Å². The predicted octanol–water partition coefficient (Wildman–Crippen LogP) is 1.23. The Balaban J connectivity index is 1.70. The van der Waals surface area contributed by atoms with E-state index in [1.807, 2.05) is 0 Å². The van der Waals surface area contributed by atoms with Crippen LogP contribution in [0.2, 0.25) is 0 Å². The van der Waals surface area contributed by atoms with Crippen molar-refractivity contribution in [2.75, 3.05) is 6.61 Å². The van der Waals surface area contributed by atoms with Gasteiger partial charge in [0.05, 0.1) is 0 Å². The molecule has 1 saturated carbocycles. The second-order valence-corrected chi connectivity index (χ2v) is 4.21. The molecule has 0 unspecified atom stereocenters. The largest absolute Gasteiger partial charge is 0.451 e. The van der Waals surface area contributed by atoms with E-state index in [4.69, 9.17) is 4.74 Å². The molecule has 0 aromatic carbocycles. The zero-order chi connectivity index (χ0) is 12.1. The van der Waals surface area contributed by atoms with Crippen molar-refractivity contribution in [1.29, 1.82) is 0 Å². The van der Waals surface area contributed by atoms with Crippen LogP contribution in [0.4, 0.5) is 0 Å². The van der Waals surface area contributed by atoms with Crippen molar-refractivity contribution < 1.29 is 14.3 Å². The molecule has 0 saturated heterocycles. The summed E-state index contributed by atoms with van der Waals surface area (Å²) >= 11 is 0. The second-order valence-electron chi connectivity index (χ2n) is 4.21. The van der Waals surface area contributed by atoms with Gasteiger partial charge in [0.2, 0.25) is 0 Å². The van der Waals surface area contributed by atoms with Gasteiger partial charge in [-0.1, -0.05) is 12.8 Å². The maximum atomic E-state index is 11.5. The minimum Gasteiger partial charge on any atom is -0.451 e. The highest BCUT2D eigenvalue weighted by Crippen LogP contribution is 2.17. The molecule has 2 N–H and O–H groups in total. The predicted molar refractivity (Wildman–Crippen MR) is 61.5 cm³/mol. The Morgan fingerprint density at radius 1 is 1.41 bits per heavy atom. The molecule has 1 aromatic rings. The zero-order valence-electron chi connectivity index (χ0n) is 9.57. The molecule has 1 aliphatic rings. The summed E-state index contributed by atoms with van der Waals surface area (Å²) < 4.78 is 4.88. The van der Waals surface area contributed by atoms with E-state index in [1.165, 1.54) is 0 Å². The lowest BCUT2D eigenvalue weighted by Crippen LogP contribution is -2.35. The SMILES string of the molecule is O=C(COC(=O)c1ccc[nH]1)NC1CCCC1. The second kappa shape index (κ2) is 5.52. The number of amides is 1. The fraction of sp³-hybridized carbons (Fsp3) is 0.500. The maximum absolute atomic E-state index is 11.5. The fourth-order valence-electron chi connectivity index (χ4n) is 2.01. The van der Waals surface area contributed by atoms with Gasteiger partial charge in [-0.05, 0) is 25.0 Å². The highest BCUT2D eigenvalue weighted by atomic mass is 16.5. The van der Waals surface area contributed by atoms with Gasteiger partial charge in [-0.2, -0.15) is 0 Å². The lowest BCUT2D eigenvalue weighted by Gasteiger charge is -2.11. The van der Waals surface area contributed by atoms with Crippen LogP contribution in [-0.4, -0.2) is 29.5 Å². The third kappa shape index (κ3) is 3.34. The third-order valence-corrected chi connectivity index (χ3v) is 2.87. The van der Waals surface area contributed by atoms with Gasteiger partial charge in [-0.15, -0.1) is 0 Å². The molecule has 1 aromatic heterocycles. The topological polar surface area (TPSA) is 71.2 Å². The van der Waals surface area contributed by atoms with Gasteiger partial charge < -0.3 is 15.0 Å². The van der Waals surface area contributed by atoms with E-state index in [1.54, 1.807) is 18.3 Å². The molecular formula is C12H16N2O3. The average Bonchev–Trinajstić information content (AvgIpc) is 2.97. The van der Waals surface area contributed by atoms with E-state index in [2.05, 4.69) is 10.3 Å². The molecular weight excluding hydrogens is 220 g/mol. The Morgan fingerprint density at radius 2 is 2.18 bits per heavy atom. The van der Waals surface area contributed by atoms with Crippen molar-refractivity contribution in [3.8, 4) is 0 Å². The van der Waals surface area contributed by atoms with E-state index in [-0.39, 0.29) is 18.6 Å². The molecule has 0 aliphatic heterocycles. The molecule has 5 nitrogen and oxygen atoms in total. The number of nitrogens with one attached hydrogen (secondary N) is 2. The van der Waals surface area contributed by atoms with Crippen LogP contribution < -0.4 is 5.32 Å². The lowest BCUT2D eigenvalue weighted by atomic mass is 10.2. The molecule has 1 amide bonds. The molecule has 1 aliphatic carbocycles. The van der Waals surface area contributed by atoms with Crippen molar-refractivity contribution in [2.24, 2.45) is 0 Å². The molecule has 0 spiro atoms. The highest BCUT2D eigenvalue weighted by Gasteiger charge is 2.18. The van der Waals surface area contributed by atoms with Crippen molar-refractivity contribution in [3.63, 3.8) is 0 Å². The van der Waals surface area contributed by atoms with Crippen molar-refractivity contribution in [2.45, 2.75) is 31.7 Å². The molecule has 0 atom stereocenters. The van der Waals surface area contributed by atoms with E-state index in [0.29, 0.717) is 5.69 Å². The number of aromatic nitrogens is 1. The van der Waals surface area contributed by atoms with E-state index >= 15 is 0 Å². The van der Waals surface area contributed by atoms with Crippen LogP contribution in [-0.2, 0) is 9.53 Å². The average molecular weight is 236 g/mol. The van der Waals surface area contributed by atoms with Gasteiger partial charge >= 0.3 is 5.97 Å². The number of H-pyrrole nitrogens is 1. The summed E-state index contributed by atoms with van der Waals surface area (Å²) in [7, 11) is 0. The lowest BCUT2D eigenvalue weighted by molar-refractivity contribution is -0.124. The van der Waals surface area contributed by atoms with Crippen LogP contribution in [0.25, 0.3) is 0 Å². The Morgan fingerprint density at radius 3 is 2.82 bits per heavy atom. The van der Waals surface area contributed by atoms with Crippen LogP contribution in [0.1, 0.15) is 36.2 Å². The van der Waals surface area contributed by atoms with Gasteiger partial charge in [-0.3, -0.25) is 4.79 Å². The molecule has 1 heterocycles. The Bertz CT molecular complexity index is 380. The molecule has 92 valence electrons. The van der Waals surface area contributed by atoms with Crippen molar-refractivity contribution in [3.05, 3.63) is 24.0 Å². The van der Waals surface area contributed by atoms with Crippen LogP contribution >= 0.6 is 0 Å². The molecule has 5 heteroatoms. The van der Waals surface area contributed by atoms with Crippen LogP contribution in [0, 0.1) is 0 Å². The number of rotatable bonds is 4. The summed E-state index contributed by atoms with van der Waals surface area (Å²) in [5.41, 5.74) is 0.360. The summed E-state index contributed by atoms with van der Waals surface area (Å²) in [4.78, 5) is 25.6. The van der Waals surface area contributed by atoms with Crippen molar-refractivity contribution >= 4 is 11.9 Å². The molecule has 1 fully saturated rings. The van der Waals surface area contributed by atoms with Crippen molar-refractivity contribution in [1.82, 2.24) is 10.3 Å². The number of carbonyl (C=O) groups excluding carboxylic acids is 2. The number of hydrogen-bond acceptors (Lipinski definition) is 3. The zero-order valence-corrected chi connectivity index (χ0v) is 9.57. The first-order chi connectivity index (χ1) is 8.25. The Kier molecular flexibility index (Phi) is 3.80. The summed E-state index contributed by atoms with van der Waals surface area (Å²) in [6.45, 7) is -0.214. The summed E-state index contributed by atoms with van der Waals surface area (Å²) in [5, 5.41) is 2.85. The summed E-state index contributed by atoms with van der Waals surface area (Å²) in [5.74, 6) is -0.728. The molecule has 17 heavy (non-hydrogen) atoms.